The summed E-state index contributed by atoms with van der Waals surface area (Å²) in [5, 5.41) is 69.3. The Hall–Kier alpha value is -4.67. The molecule has 1 aliphatic rings. The van der Waals surface area contributed by atoms with Crippen LogP contribution in [0.2, 0.25) is 0 Å². The predicted molar refractivity (Wildman–Crippen MR) is 114 cm³/mol. The molecule has 2 atom stereocenters. The molecule has 1 heterocycles. The Balaban J connectivity index is 1.75. The van der Waals surface area contributed by atoms with E-state index in [1.165, 1.54) is 13.2 Å². The number of carbonyl (C=O) groups excluding carboxylic acids is 1. The zero-order valence-electron chi connectivity index (χ0n) is 17.6. The molecule has 3 aromatic carbocycles. The number of methoxy groups -OCH3 is 1. The third kappa shape index (κ3) is 3.94. The maximum atomic E-state index is 12.9. The number of hydrogen-bond donors (Lipinski definition) is 7. The molecule has 34 heavy (non-hydrogen) atoms. The first-order valence-corrected chi connectivity index (χ1v) is 9.86. The van der Waals surface area contributed by atoms with Crippen molar-refractivity contribution in [2.75, 3.05) is 7.11 Å². The Bertz CT molecular complexity index is 1260. The van der Waals surface area contributed by atoms with Crippen molar-refractivity contribution in [2.45, 2.75) is 18.6 Å². The number of ether oxygens (including phenoxy) is 3. The second-order valence-electron chi connectivity index (χ2n) is 7.58. The number of phenolic OH excluding ortho intramolecular Hbond substituents is 7. The molecule has 0 spiro atoms. The van der Waals surface area contributed by atoms with E-state index in [0.29, 0.717) is 0 Å². The van der Waals surface area contributed by atoms with Gasteiger partial charge in [-0.2, -0.15) is 0 Å². The number of esters is 1. The lowest BCUT2D eigenvalue weighted by atomic mass is 9.93. The Morgan fingerprint density at radius 1 is 0.853 bits per heavy atom. The maximum absolute atomic E-state index is 12.9. The van der Waals surface area contributed by atoms with Crippen LogP contribution in [0.5, 0.6) is 51.7 Å². The standard InChI is InChI=1S/C23H20O11/c1-32-18-5-10(4-16(28)21(18)30)23(31)34-19-8-12-13(25)6-11(24)7-17(12)33-22(19)9-2-14(26)20(29)15(27)3-9/h2-7,19,22,24-30H,8H2,1H3/t19-,22-/m1/s1. The first-order valence-electron chi connectivity index (χ1n) is 9.86. The SMILES string of the molecule is COc1cc(C(=O)O[C@@H]2Cc3c(O)cc(O)cc3O[C@@H]2c2cc(O)c(O)c(O)c2)cc(O)c1O. The molecule has 0 bridgehead atoms. The van der Waals surface area contributed by atoms with Crippen LogP contribution in [0.25, 0.3) is 0 Å². The van der Waals surface area contributed by atoms with Gasteiger partial charge in [-0.3, -0.25) is 0 Å². The molecule has 0 unspecified atom stereocenters. The van der Waals surface area contributed by atoms with E-state index in [4.69, 9.17) is 14.2 Å². The first-order chi connectivity index (χ1) is 16.1. The summed E-state index contributed by atoms with van der Waals surface area (Å²) in [5.74, 6) is -4.87. The monoisotopic (exact) mass is 472 g/mol. The summed E-state index contributed by atoms with van der Waals surface area (Å²) in [5.41, 5.74) is 0.179. The largest absolute Gasteiger partial charge is 0.508 e. The third-order valence-electron chi connectivity index (χ3n) is 5.36. The Labute approximate surface area is 191 Å². The summed E-state index contributed by atoms with van der Waals surface area (Å²) >= 11 is 0. The predicted octanol–water partition coefficient (Wildman–Crippen LogP) is 2.54. The molecule has 178 valence electrons. The summed E-state index contributed by atoms with van der Waals surface area (Å²) in [6, 6.07) is 6.65. The van der Waals surface area contributed by atoms with Crippen molar-refractivity contribution in [3.05, 3.63) is 53.1 Å². The van der Waals surface area contributed by atoms with Crippen LogP contribution in [0.15, 0.2) is 36.4 Å². The van der Waals surface area contributed by atoms with Gasteiger partial charge in [0.1, 0.15) is 23.4 Å². The molecule has 0 aromatic heterocycles. The van der Waals surface area contributed by atoms with Crippen LogP contribution in [-0.4, -0.2) is 54.9 Å². The average Bonchev–Trinajstić information content (AvgIpc) is 2.78. The molecule has 1 aliphatic heterocycles. The minimum absolute atomic E-state index is 0.0748. The minimum Gasteiger partial charge on any atom is -0.508 e. The van der Waals surface area contributed by atoms with Gasteiger partial charge in [0.25, 0.3) is 0 Å². The zero-order chi connectivity index (χ0) is 24.7. The number of hydrogen-bond acceptors (Lipinski definition) is 11. The molecule has 11 nitrogen and oxygen atoms in total. The van der Waals surface area contributed by atoms with Crippen molar-refractivity contribution in [3.63, 3.8) is 0 Å². The highest BCUT2D eigenvalue weighted by atomic mass is 16.6. The van der Waals surface area contributed by atoms with E-state index in [-0.39, 0.29) is 46.1 Å². The highest BCUT2D eigenvalue weighted by molar-refractivity contribution is 5.91. The summed E-state index contributed by atoms with van der Waals surface area (Å²) in [7, 11) is 1.23. The van der Waals surface area contributed by atoms with Gasteiger partial charge in [0, 0.05) is 29.7 Å². The lowest BCUT2D eigenvalue weighted by molar-refractivity contribution is -0.0189. The van der Waals surface area contributed by atoms with Gasteiger partial charge >= 0.3 is 5.97 Å². The van der Waals surface area contributed by atoms with E-state index in [9.17, 15) is 40.5 Å². The van der Waals surface area contributed by atoms with Crippen molar-refractivity contribution >= 4 is 5.97 Å². The summed E-state index contributed by atoms with van der Waals surface area (Å²) in [6.07, 6.45) is -2.38. The number of rotatable bonds is 4. The number of benzene rings is 3. The van der Waals surface area contributed by atoms with E-state index < -0.39 is 46.9 Å². The molecule has 0 amide bonds. The second-order valence-corrected chi connectivity index (χ2v) is 7.58. The van der Waals surface area contributed by atoms with E-state index in [1.54, 1.807) is 0 Å². The molecule has 0 saturated carbocycles. The van der Waals surface area contributed by atoms with Gasteiger partial charge in [-0.25, -0.2) is 4.79 Å². The summed E-state index contributed by atoms with van der Waals surface area (Å²) in [4.78, 5) is 12.9. The molecule has 0 aliphatic carbocycles. The highest BCUT2D eigenvalue weighted by Crippen LogP contribution is 2.46. The van der Waals surface area contributed by atoms with Gasteiger partial charge < -0.3 is 50.0 Å². The maximum Gasteiger partial charge on any atom is 0.338 e. The van der Waals surface area contributed by atoms with Crippen LogP contribution in [0.1, 0.15) is 27.6 Å². The van der Waals surface area contributed by atoms with Crippen LogP contribution in [-0.2, 0) is 11.2 Å². The molecule has 7 N–H and O–H groups in total. The van der Waals surface area contributed by atoms with Gasteiger partial charge in [-0.15, -0.1) is 0 Å². The Morgan fingerprint density at radius 3 is 2.15 bits per heavy atom. The number of aromatic hydroxyl groups is 7. The molecule has 4 rings (SSSR count). The summed E-state index contributed by atoms with van der Waals surface area (Å²) in [6.45, 7) is 0. The highest BCUT2D eigenvalue weighted by Gasteiger charge is 2.37. The average molecular weight is 472 g/mol. The van der Waals surface area contributed by atoms with Crippen LogP contribution in [0, 0.1) is 0 Å². The fraction of sp³-hybridized carbons (Fsp3) is 0.174. The quantitative estimate of drug-likeness (QED) is 0.218. The number of fused-ring (bicyclic) bond motifs is 1. The number of phenols is 7. The second kappa shape index (κ2) is 8.35. The lowest BCUT2D eigenvalue weighted by Crippen LogP contribution is -2.34. The van der Waals surface area contributed by atoms with Crippen LogP contribution >= 0.6 is 0 Å². The molecule has 11 heteroatoms. The van der Waals surface area contributed by atoms with Crippen molar-refractivity contribution in [3.8, 4) is 51.7 Å². The van der Waals surface area contributed by atoms with Gasteiger partial charge in [0.2, 0.25) is 5.75 Å². The van der Waals surface area contributed by atoms with E-state index in [1.807, 2.05) is 0 Å². The van der Waals surface area contributed by atoms with Crippen molar-refractivity contribution < 1.29 is 54.8 Å². The third-order valence-corrected chi connectivity index (χ3v) is 5.36. The topological polar surface area (TPSA) is 186 Å². The normalized spacial score (nSPS) is 16.9. The van der Waals surface area contributed by atoms with Crippen LogP contribution in [0.4, 0.5) is 0 Å². The van der Waals surface area contributed by atoms with E-state index in [2.05, 4.69) is 0 Å². The van der Waals surface area contributed by atoms with Gasteiger partial charge in [0.15, 0.2) is 34.9 Å². The Morgan fingerprint density at radius 2 is 1.50 bits per heavy atom. The molecule has 0 saturated heterocycles. The summed E-state index contributed by atoms with van der Waals surface area (Å²) < 4.78 is 16.4. The Kier molecular flexibility index (Phi) is 5.53. The smallest absolute Gasteiger partial charge is 0.338 e. The molecular weight excluding hydrogens is 452 g/mol. The zero-order valence-corrected chi connectivity index (χ0v) is 17.6. The van der Waals surface area contributed by atoms with Gasteiger partial charge in [-0.05, 0) is 24.3 Å². The molecular formula is C23H20O11. The minimum atomic E-state index is -1.15. The van der Waals surface area contributed by atoms with Gasteiger partial charge in [-0.1, -0.05) is 0 Å². The lowest BCUT2D eigenvalue weighted by Gasteiger charge is -2.34. The molecule has 0 radical (unpaired) electrons. The number of carbonyl (C=O) groups is 1. The van der Waals surface area contributed by atoms with Gasteiger partial charge in [0.05, 0.1) is 12.7 Å². The fourth-order valence-electron chi connectivity index (χ4n) is 3.70. The van der Waals surface area contributed by atoms with Crippen molar-refractivity contribution in [2.24, 2.45) is 0 Å². The van der Waals surface area contributed by atoms with E-state index in [0.717, 1.165) is 30.3 Å². The molecule has 3 aromatic rings. The van der Waals surface area contributed by atoms with Crippen LogP contribution in [0.3, 0.4) is 0 Å². The van der Waals surface area contributed by atoms with Crippen molar-refractivity contribution in [1.82, 2.24) is 0 Å². The first kappa shape index (κ1) is 22.5. The fourth-order valence-corrected chi connectivity index (χ4v) is 3.70. The van der Waals surface area contributed by atoms with E-state index >= 15 is 0 Å². The van der Waals surface area contributed by atoms with Crippen LogP contribution < -0.4 is 9.47 Å². The molecule has 0 fully saturated rings. The van der Waals surface area contributed by atoms with Crippen molar-refractivity contribution in [1.29, 1.82) is 0 Å².